The van der Waals surface area contributed by atoms with E-state index in [2.05, 4.69) is 10.3 Å². The number of halogens is 1. The molecule has 1 aromatic heterocycles. The van der Waals surface area contributed by atoms with Crippen molar-refractivity contribution in [1.29, 1.82) is 0 Å². The normalized spacial score (nSPS) is 11.7. The van der Waals surface area contributed by atoms with Crippen LogP contribution < -0.4 is 5.32 Å². The van der Waals surface area contributed by atoms with Crippen molar-refractivity contribution in [2.24, 2.45) is 0 Å². The zero-order valence-corrected chi connectivity index (χ0v) is 16.1. The van der Waals surface area contributed by atoms with E-state index in [-0.39, 0.29) is 23.8 Å². The molecular weight excluding hydrogens is 381 g/mol. The lowest BCUT2D eigenvalue weighted by molar-refractivity contribution is -0.116. The number of sulfonamides is 1. The Morgan fingerprint density at radius 3 is 2.61 bits per heavy atom. The smallest absolute Gasteiger partial charge is 0.242 e. The molecule has 2 aromatic carbocycles. The van der Waals surface area contributed by atoms with Gasteiger partial charge in [-0.1, -0.05) is 6.07 Å². The van der Waals surface area contributed by atoms with E-state index < -0.39 is 15.8 Å². The van der Waals surface area contributed by atoms with Crippen molar-refractivity contribution in [1.82, 2.24) is 9.29 Å². The largest absolute Gasteiger partial charge is 0.325 e. The van der Waals surface area contributed by atoms with Gasteiger partial charge in [-0.15, -0.1) is 0 Å². The Bertz CT molecular complexity index is 1080. The number of anilines is 1. The van der Waals surface area contributed by atoms with Gasteiger partial charge in [-0.05, 0) is 55.0 Å². The fraction of sp³-hybridized carbons (Fsp3) is 0.200. The number of rotatable bonds is 7. The number of benzene rings is 2. The minimum absolute atomic E-state index is 0.0177. The molecule has 8 heteroatoms. The van der Waals surface area contributed by atoms with E-state index in [4.69, 9.17) is 0 Å². The Kier molecular flexibility index (Phi) is 6.01. The molecule has 0 saturated carbocycles. The van der Waals surface area contributed by atoms with Crippen LogP contribution in [0.1, 0.15) is 12.8 Å². The summed E-state index contributed by atoms with van der Waals surface area (Å²) in [5.41, 5.74) is 1.45. The van der Waals surface area contributed by atoms with Crippen LogP contribution in [0.15, 0.2) is 65.7 Å². The van der Waals surface area contributed by atoms with Gasteiger partial charge in [0.25, 0.3) is 0 Å². The van der Waals surface area contributed by atoms with Gasteiger partial charge in [-0.25, -0.2) is 17.1 Å². The van der Waals surface area contributed by atoms with Crippen LogP contribution in [0.4, 0.5) is 10.1 Å². The maximum absolute atomic E-state index is 13.0. The first-order chi connectivity index (χ1) is 13.4. The van der Waals surface area contributed by atoms with Crippen LogP contribution in [0, 0.1) is 5.82 Å². The summed E-state index contributed by atoms with van der Waals surface area (Å²) in [4.78, 5) is 16.5. The van der Waals surface area contributed by atoms with E-state index in [9.17, 15) is 17.6 Å². The van der Waals surface area contributed by atoms with E-state index in [1.54, 1.807) is 18.3 Å². The lowest BCUT2D eigenvalue weighted by Crippen LogP contribution is -2.28. The van der Waals surface area contributed by atoms with E-state index in [1.807, 2.05) is 18.2 Å². The second kappa shape index (κ2) is 8.45. The number of hydrogen-bond donors (Lipinski definition) is 1. The third-order valence-corrected chi connectivity index (χ3v) is 6.19. The average Bonchev–Trinajstić information content (AvgIpc) is 2.68. The Labute approximate surface area is 163 Å². The molecule has 0 spiro atoms. The van der Waals surface area contributed by atoms with E-state index >= 15 is 0 Å². The summed E-state index contributed by atoms with van der Waals surface area (Å²) in [6, 6.07) is 13.8. The van der Waals surface area contributed by atoms with E-state index in [0.717, 1.165) is 27.3 Å². The van der Waals surface area contributed by atoms with E-state index in [1.165, 1.54) is 19.2 Å². The van der Waals surface area contributed by atoms with Crippen LogP contribution in [0.5, 0.6) is 0 Å². The van der Waals surface area contributed by atoms with Gasteiger partial charge < -0.3 is 5.32 Å². The van der Waals surface area contributed by atoms with Gasteiger partial charge >= 0.3 is 0 Å². The molecule has 0 fully saturated rings. The lowest BCUT2D eigenvalue weighted by atomic mass is 10.1. The summed E-state index contributed by atoms with van der Waals surface area (Å²) in [5, 5.41) is 3.69. The summed E-state index contributed by atoms with van der Waals surface area (Å²) in [6.07, 6.45) is 2.21. The molecule has 0 unspecified atom stereocenters. The molecule has 28 heavy (non-hydrogen) atoms. The quantitative estimate of drug-likeness (QED) is 0.658. The van der Waals surface area contributed by atoms with Gasteiger partial charge in [0.15, 0.2) is 0 Å². The summed E-state index contributed by atoms with van der Waals surface area (Å²) >= 11 is 0. The van der Waals surface area contributed by atoms with Crippen molar-refractivity contribution >= 4 is 32.5 Å². The molecule has 6 nitrogen and oxygen atoms in total. The highest BCUT2D eigenvalue weighted by molar-refractivity contribution is 7.89. The van der Waals surface area contributed by atoms with Crippen molar-refractivity contribution in [2.45, 2.75) is 17.7 Å². The topological polar surface area (TPSA) is 79.4 Å². The molecule has 1 amide bonds. The zero-order valence-electron chi connectivity index (χ0n) is 15.3. The van der Waals surface area contributed by atoms with Gasteiger partial charge in [0.05, 0.1) is 16.1 Å². The molecular formula is C20H20FN3O3S. The van der Waals surface area contributed by atoms with Crippen LogP contribution in [-0.4, -0.2) is 37.2 Å². The van der Waals surface area contributed by atoms with Crippen LogP contribution in [0.2, 0.25) is 0 Å². The monoisotopic (exact) mass is 401 g/mol. The van der Waals surface area contributed by atoms with Crippen molar-refractivity contribution in [2.75, 3.05) is 18.9 Å². The van der Waals surface area contributed by atoms with Crippen molar-refractivity contribution in [3.63, 3.8) is 0 Å². The Balaban J connectivity index is 1.57. The number of carbonyl (C=O) groups excluding carboxylic acids is 1. The minimum Gasteiger partial charge on any atom is -0.325 e. The molecule has 1 heterocycles. The number of aromatic nitrogens is 1. The number of nitrogens with zero attached hydrogens (tertiary/aromatic N) is 2. The number of carbonyl (C=O) groups is 1. The van der Waals surface area contributed by atoms with Crippen LogP contribution >= 0.6 is 0 Å². The molecule has 0 saturated heterocycles. The first-order valence-electron chi connectivity index (χ1n) is 8.73. The molecule has 0 bridgehead atoms. The van der Waals surface area contributed by atoms with Gasteiger partial charge in [0.1, 0.15) is 5.82 Å². The molecule has 3 aromatic rings. The minimum atomic E-state index is -3.71. The molecule has 0 atom stereocenters. The fourth-order valence-corrected chi connectivity index (χ4v) is 4.00. The van der Waals surface area contributed by atoms with Crippen molar-refractivity contribution in [3.05, 3.63) is 66.6 Å². The lowest BCUT2D eigenvalue weighted by Gasteiger charge is -2.17. The van der Waals surface area contributed by atoms with Crippen LogP contribution in [0.25, 0.3) is 10.9 Å². The van der Waals surface area contributed by atoms with Crippen LogP contribution in [0.3, 0.4) is 0 Å². The summed E-state index contributed by atoms with van der Waals surface area (Å²) in [5.74, 6) is -0.703. The maximum Gasteiger partial charge on any atom is 0.242 e. The van der Waals surface area contributed by atoms with Gasteiger partial charge in [-0.3, -0.25) is 9.78 Å². The van der Waals surface area contributed by atoms with Crippen molar-refractivity contribution < 1.29 is 17.6 Å². The number of pyridine rings is 1. The maximum atomic E-state index is 13.0. The highest BCUT2D eigenvalue weighted by Crippen LogP contribution is 2.21. The third kappa shape index (κ3) is 4.52. The highest BCUT2D eigenvalue weighted by atomic mass is 32.2. The molecule has 1 N–H and O–H groups in total. The average molecular weight is 401 g/mol. The van der Waals surface area contributed by atoms with E-state index in [0.29, 0.717) is 12.1 Å². The van der Waals surface area contributed by atoms with Crippen LogP contribution in [-0.2, 0) is 14.8 Å². The molecule has 3 rings (SSSR count). The summed E-state index contributed by atoms with van der Waals surface area (Å²) < 4.78 is 39.1. The standard InChI is InChI=1S/C20H20FN3O3S/c1-24(28(26,27)16-11-9-15(21)10-12-16)14-4-8-20(25)23-19-7-2-6-18-17(19)5-3-13-22-18/h2-3,5-7,9-13H,4,8,14H2,1H3,(H,23,25). The predicted octanol–water partition coefficient (Wildman–Crippen LogP) is 3.41. The predicted molar refractivity (Wildman–Crippen MR) is 106 cm³/mol. The number of nitrogens with one attached hydrogen (secondary N) is 1. The van der Waals surface area contributed by atoms with Gasteiger partial charge in [0, 0.05) is 31.6 Å². The first kappa shape index (κ1) is 19.9. The third-order valence-electron chi connectivity index (χ3n) is 4.32. The highest BCUT2D eigenvalue weighted by Gasteiger charge is 2.20. The molecule has 146 valence electrons. The fourth-order valence-electron chi connectivity index (χ4n) is 2.79. The second-order valence-electron chi connectivity index (χ2n) is 6.31. The number of amides is 1. The first-order valence-corrected chi connectivity index (χ1v) is 10.2. The van der Waals surface area contributed by atoms with Gasteiger partial charge in [0.2, 0.25) is 15.9 Å². The Morgan fingerprint density at radius 1 is 1.11 bits per heavy atom. The van der Waals surface area contributed by atoms with Gasteiger partial charge in [-0.2, -0.15) is 0 Å². The molecule has 0 aliphatic carbocycles. The number of hydrogen-bond acceptors (Lipinski definition) is 4. The molecule has 0 radical (unpaired) electrons. The molecule has 0 aliphatic rings. The molecule has 0 aliphatic heterocycles. The summed E-state index contributed by atoms with van der Waals surface area (Å²) in [6.45, 7) is 0.171. The summed E-state index contributed by atoms with van der Waals surface area (Å²) in [7, 11) is -2.28. The number of fused-ring (bicyclic) bond motifs is 1. The Morgan fingerprint density at radius 2 is 1.86 bits per heavy atom. The Hall–Kier alpha value is -2.84. The SMILES string of the molecule is CN(CCCC(=O)Nc1cccc2ncccc12)S(=O)(=O)c1ccc(F)cc1. The van der Waals surface area contributed by atoms with Crippen molar-refractivity contribution in [3.8, 4) is 0 Å². The second-order valence-corrected chi connectivity index (χ2v) is 8.35. The zero-order chi connectivity index (χ0) is 20.1.